The standard InChI is InChI=1S/C16H23F2NO/c1-3-7-19-16(13-6-8-20-11(13)2)10-12-4-5-14(17)15(18)9-12/h4-5,9,11,13,16,19H,3,6-8,10H2,1-2H3. The molecule has 0 aromatic heterocycles. The van der Waals surface area contributed by atoms with Crippen LogP contribution >= 0.6 is 0 Å². The average molecular weight is 283 g/mol. The minimum Gasteiger partial charge on any atom is -0.378 e. The number of ether oxygens (including phenoxy) is 1. The maximum absolute atomic E-state index is 13.3. The predicted octanol–water partition coefficient (Wildman–Crippen LogP) is 3.30. The highest BCUT2D eigenvalue weighted by molar-refractivity contribution is 5.19. The van der Waals surface area contributed by atoms with Gasteiger partial charge in [-0.25, -0.2) is 8.78 Å². The molecule has 2 nitrogen and oxygen atoms in total. The Morgan fingerprint density at radius 1 is 1.35 bits per heavy atom. The van der Waals surface area contributed by atoms with E-state index in [1.807, 2.05) is 0 Å². The second-order valence-corrected chi connectivity index (χ2v) is 5.54. The third-order valence-electron chi connectivity index (χ3n) is 4.05. The van der Waals surface area contributed by atoms with E-state index in [9.17, 15) is 8.78 Å². The Kier molecular flexibility index (Phi) is 5.49. The van der Waals surface area contributed by atoms with Crippen LogP contribution in [0.1, 0.15) is 32.3 Å². The quantitative estimate of drug-likeness (QED) is 0.865. The van der Waals surface area contributed by atoms with E-state index in [1.165, 1.54) is 12.1 Å². The summed E-state index contributed by atoms with van der Waals surface area (Å²) in [5, 5.41) is 3.53. The number of hydrogen-bond acceptors (Lipinski definition) is 2. The number of hydrogen-bond donors (Lipinski definition) is 1. The van der Waals surface area contributed by atoms with Gasteiger partial charge >= 0.3 is 0 Å². The van der Waals surface area contributed by atoms with Crippen LogP contribution in [0.15, 0.2) is 18.2 Å². The summed E-state index contributed by atoms with van der Waals surface area (Å²) in [5.74, 6) is -1.13. The van der Waals surface area contributed by atoms with Gasteiger partial charge in [-0.1, -0.05) is 13.0 Å². The fourth-order valence-electron chi connectivity index (χ4n) is 2.90. The highest BCUT2D eigenvalue weighted by Crippen LogP contribution is 2.26. The van der Waals surface area contributed by atoms with Crippen LogP contribution in [0.4, 0.5) is 8.78 Å². The van der Waals surface area contributed by atoms with Crippen molar-refractivity contribution in [2.24, 2.45) is 5.92 Å². The lowest BCUT2D eigenvalue weighted by Gasteiger charge is -2.27. The first kappa shape index (κ1) is 15.4. The predicted molar refractivity (Wildman–Crippen MR) is 75.7 cm³/mol. The van der Waals surface area contributed by atoms with Crippen LogP contribution in [-0.2, 0) is 11.2 Å². The maximum Gasteiger partial charge on any atom is 0.159 e. The van der Waals surface area contributed by atoms with Crippen molar-refractivity contribution in [3.05, 3.63) is 35.4 Å². The van der Waals surface area contributed by atoms with Gasteiger partial charge in [0.15, 0.2) is 11.6 Å². The molecule has 112 valence electrons. The molecule has 0 amide bonds. The summed E-state index contributed by atoms with van der Waals surface area (Å²) in [4.78, 5) is 0. The molecule has 1 fully saturated rings. The van der Waals surface area contributed by atoms with E-state index in [4.69, 9.17) is 4.74 Å². The summed E-state index contributed by atoms with van der Waals surface area (Å²) in [6, 6.07) is 4.42. The molecule has 1 aliphatic rings. The molecule has 0 radical (unpaired) electrons. The Bertz CT molecular complexity index is 438. The molecular formula is C16H23F2NO. The summed E-state index contributed by atoms with van der Waals surface area (Å²) < 4.78 is 31.9. The molecule has 20 heavy (non-hydrogen) atoms. The molecular weight excluding hydrogens is 260 g/mol. The van der Waals surface area contributed by atoms with Crippen molar-refractivity contribution in [3.8, 4) is 0 Å². The van der Waals surface area contributed by atoms with Crippen molar-refractivity contribution in [1.29, 1.82) is 0 Å². The van der Waals surface area contributed by atoms with Crippen molar-refractivity contribution in [2.45, 2.75) is 45.3 Å². The molecule has 4 heteroatoms. The van der Waals surface area contributed by atoms with E-state index in [0.717, 1.165) is 31.6 Å². The molecule has 1 aromatic carbocycles. The Hall–Kier alpha value is -1.00. The Balaban J connectivity index is 2.08. The molecule has 1 aliphatic heterocycles. The van der Waals surface area contributed by atoms with Crippen LogP contribution in [0.3, 0.4) is 0 Å². The average Bonchev–Trinajstić information content (AvgIpc) is 2.85. The summed E-state index contributed by atoms with van der Waals surface area (Å²) in [6.07, 6.45) is 2.99. The topological polar surface area (TPSA) is 21.3 Å². The number of nitrogens with one attached hydrogen (secondary N) is 1. The molecule has 1 aromatic rings. The number of halogens is 2. The van der Waals surface area contributed by atoms with Gasteiger partial charge in [0, 0.05) is 18.6 Å². The van der Waals surface area contributed by atoms with E-state index in [-0.39, 0.29) is 12.1 Å². The Labute approximate surface area is 119 Å². The van der Waals surface area contributed by atoms with Gasteiger partial charge in [0.25, 0.3) is 0 Å². The van der Waals surface area contributed by atoms with Crippen molar-refractivity contribution in [1.82, 2.24) is 5.32 Å². The van der Waals surface area contributed by atoms with Gasteiger partial charge in [0.2, 0.25) is 0 Å². The molecule has 1 heterocycles. The third kappa shape index (κ3) is 3.76. The molecule has 0 spiro atoms. The molecule has 1 saturated heterocycles. The van der Waals surface area contributed by atoms with Gasteiger partial charge in [-0.15, -0.1) is 0 Å². The minimum atomic E-state index is -0.788. The zero-order chi connectivity index (χ0) is 14.5. The van der Waals surface area contributed by atoms with E-state index in [1.54, 1.807) is 6.07 Å². The Morgan fingerprint density at radius 3 is 2.75 bits per heavy atom. The van der Waals surface area contributed by atoms with E-state index in [0.29, 0.717) is 12.3 Å². The highest BCUT2D eigenvalue weighted by Gasteiger charge is 2.31. The van der Waals surface area contributed by atoms with Crippen LogP contribution in [0.25, 0.3) is 0 Å². The van der Waals surface area contributed by atoms with Crippen LogP contribution in [0.5, 0.6) is 0 Å². The van der Waals surface area contributed by atoms with Crippen LogP contribution in [0.2, 0.25) is 0 Å². The van der Waals surface area contributed by atoms with Crippen LogP contribution < -0.4 is 5.32 Å². The molecule has 2 rings (SSSR count). The molecule has 3 atom stereocenters. The molecule has 0 bridgehead atoms. The van der Waals surface area contributed by atoms with Crippen molar-refractivity contribution >= 4 is 0 Å². The van der Waals surface area contributed by atoms with Crippen molar-refractivity contribution in [3.63, 3.8) is 0 Å². The first-order valence-electron chi connectivity index (χ1n) is 7.40. The molecule has 1 N–H and O–H groups in total. The molecule has 3 unspecified atom stereocenters. The van der Waals surface area contributed by atoms with E-state index < -0.39 is 11.6 Å². The molecule has 0 aliphatic carbocycles. The summed E-state index contributed by atoms with van der Waals surface area (Å²) >= 11 is 0. The SMILES string of the molecule is CCCNC(Cc1ccc(F)c(F)c1)C1CCOC1C. The number of benzene rings is 1. The van der Waals surface area contributed by atoms with E-state index >= 15 is 0 Å². The lowest BCUT2D eigenvalue weighted by molar-refractivity contribution is 0.0954. The normalized spacial score (nSPS) is 24.0. The second kappa shape index (κ2) is 7.14. The van der Waals surface area contributed by atoms with Crippen molar-refractivity contribution < 1.29 is 13.5 Å². The maximum atomic E-state index is 13.3. The van der Waals surface area contributed by atoms with Crippen molar-refractivity contribution in [2.75, 3.05) is 13.2 Å². The smallest absolute Gasteiger partial charge is 0.159 e. The lowest BCUT2D eigenvalue weighted by Crippen LogP contribution is -2.41. The summed E-state index contributed by atoms with van der Waals surface area (Å²) in [7, 11) is 0. The minimum absolute atomic E-state index is 0.217. The lowest BCUT2D eigenvalue weighted by atomic mass is 9.88. The van der Waals surface area contributed by atoms with Gasteiger partial charge in [0.1, 0.15) is 0 Å². The first-order chi connectivity index (χ1) is 9.61. The Morgan fingerprint density at radius 2 is 2.15 bits per heavy atom. The van der Waals surface area contributed by atoms with Gasteiger partial charge in [0.05, 0.1) is 6.10 Å². The van der Waals surface area contributed by atoms with Gasteiger partial charge in [-0.05, 0) is 50.4 Å². The molecule has 0 saturated carbocycles. The summed E-state index contributed by atoms with van der Waals surface area (Å²) in [6.45, 7) is 5.92. The summed E-state index contributed by atoms with van der Waals surface area (Å²) in [5.41, 5.74) is 0.830. The highest BCUT2D eigenvalue weighted by atomic mass is 19.2. The van der Waals surface area contributed by atoms with Gasteiger partial charge < -0.3 is 10.1 Å². The number of rotatable bonds is 6. The van der Waals surface area contributed by atoms with Gasteiger partial charge in [-0.3, -0.25) is 0 Å². The van der Waals surface area contributed by atoms with E-state index in [2.05, 4.69) is 19.2 Å². The van der Waals surface area contributed by atoms with Crippen LogP contribution in [0, 0.1) is 17.6 Å². The fraction of sp³-hybridized carbons (Fsp3) is 0.625. The zero-order valence-electron chi connectivity index (χ0n) is 12.2. The van der Waals surface area contributed by atoms with Crippen LogP contribution in [-0.4, -0.2) is 25.3 Å². The fourth-order valence-corrected chi connectivity index (χ4v) is 2.90. The zero-order valence-corrected chi connectivity index (χ0v) is 12.2. The largest absolute Gasteiger partial charge is 0.378 e. The van der Waals surface area contributed by atoms with Gasteiger partial charge in [-0.2, -0.15) is 0 Å². The second-order valence-electron chi connectivity index (χ2n) is 5.54. The first-order valence-corrected chi connectivity index (χ1v) is 7.40. The third-order valence-corrected chi connectivity index (χ3v) is 4.05. The monoisotopic (exact) mass is 283 g/mol.